The summed E-state index contributed by atoms with van der Waals surface area (Å²) in [5, 5.41) is 8.57. The number of unbranched alkanes of at least 4 members (excludes halogenated alkanes) is 12. The molecule has 1 rings (SSSR count). The molecule has 4 heteroatoms. The van der Waals surface area contributed by atoms with Crippen molar-refractivity contribution in [3.05, 3.63) is 0 Å². The van der Waals surface area contributed by atoms with Gasteiger partial charge < -0.3 is 9.84 Å². The second-order valence-electron chi connectivity index (χ2n) is 8.29. The van der Waals surface area contributed by atoms with Crippen LogP contribution in [0.5, 0.6) is 0 Å². The first-order valence-electron chi connectivity index (χ1n) is 11.5. The Kier molecular flexibility index (Phi) is 15.4. The summed E-state index contributed by atoms with van der Waals surface area (Å²) in [6.45, 7) is 1.68. The van der Waals surface area contributed by atoms with Crippen molar-refractivity contribution in [3.63, 3.8) is 0 Å². The topological polar surface area (TPSA) is 63.6 Å². The third-order valence-corrected chi connectivity index (χ3v) is 5.70. The maximum atomic E-state index is 12.0. The largest absolute Gasteiger partial charge is 0.481 e. The summed E-state index contributed by atoms with van der Waals surface area (Å²) in [6, 6.07) is 0. The molecule has 0 amide bonds. The smallest absolute Gasteiger partial charge is 0.303 e. The van der Waals surface area contributed by atoms with Gasteiger partial charge in [-0.05, 0) is 31.6 Å². The molecule has 0 bridgehead atoms. The van der Waals surface area contributed by atoms with Crippen LogP contribution in [-0.2, 0) is 14.3 Å². The molecule has 0 atom stereocenters. The molecule has 0 saturated carbocycles. The minimum atomic E-state index is -0.670. The molecule has 0 unspecified atom stereocenters. The SMILES string of the molecule is O=C(O)CCCCCCCCCCCCCCCC(=O)CC1CCOCC1. The van der Waals surface area contributed by atoms with Crippen LogP contribution in [0.3, 0.4) is 0 Å². The van der Waals surface area contributed by atoms with Crippen LogP contribution in [-0.4, -0.2) is 30.1 Å². The molecule has 0 spiro atoms. The van der Waals surface area contributed by atoms with E-state index in [9.17, 15) is 9.59 Å². The van der Waals surface area contributed by atoms with Crippen molar-refractivity contribution in [3.8, 4) is 0 Å². The number of carboxylic acids is 1. The molecule has 1 heterocycles. The number of rotatable bonds is 18. The van der Waals surface area contributed by atoms with Gasteiger partial charge in [-0.25, -0.2) is 0 Å². The highest BCUT2D eigenvalue weighted by Gasteiger charge is 2.16. The summed E-state index contributed by atoms with van der Waals surface area (Å²) >= 11 is 0. The highest BCUT2D eigenvalue weighted by Crippen LogP contribution is 2.20. The first-order valence-corrected chi connectivity index (χ1v) is 11.5. The number of hydrogen-bond acceptors (Lipinski definition) is 3. The van der Waals surface area contributed by atoms with Gasteiger partial charge in [-0.1, -0.05) is 70.6 Å². The number of ketones is 1. The monoisotopic (exact) mass is 382 g/mol. The second kappa shape index (κ2) is 17.2. The fourth-order valence-corrected chi connectivity index (χ4v) is 3.92. The van der Waals surface area contributed by atoms with Crippen LogP contribution >= 0.6 is 0 Å². The molecule has 1 fully saturated rings. The number of Topliss-reactive ketones (excluding diaryl/α,β-unsaturated/α-hetero) is 1. The van der Waals surface area contributed by atoms with Gasteiger partial charge in [0.15, 0.2) is 0 Å². The van der Waals surface area contributed by atoms with Crippen molar-refractivity contribution in [1.82, 2.24) is 0 Å². The normalized spacial score (nSPS) is 15.1. The molecule has 1 saturated heterocycles. The van der Waals surface area contributed by atoms with Crippen LogP contribution in [0.25, 0.3) is 0 Å². The van der Waals surface area contributed by atoms with E-state index >= 15 is 0 Å². The van der Waals surface area contributed by atoms with Crippen LogP contribution < -0.4 is 0 Å². The molecule has 4 nitrogen and oxygen atoms in total. The zero-order valence-electron chi connectivity index (χ0n) is 17.4. The van der Waals surface area contributed by atoms with Gasteiger partial charge >= 0.3 is 5.97 Å². The Morgan fingerprint density at radius 1 is 0.667 bits per heavy atom. The molecular weight excluding hydrogens is 340 g/mol. The van der Waals surface area contributed by atoms with E-state index < -0.39 is 5.97 Å². The quantitative estimate of drug-likeness (QED) is 0.282. The van der Waals surface area contributed by atoms with Gasteiger partial charge in [-0.15, -0.1) is 0 Å². The van der Waals surface area contributed by atoms with Gasteiger partial charge in [0.2, 0.25) is 0 Å². The average molecular weight is 383 g/mol. The molecule has 0 aliphatic carbocycles. The maximum absolute atomic E-state index is 12.0. The average Bonchev–Trinajstić information content (AvgIpc) is 2.65. The van der Waals surface area contributed by atoms with E-state index in [0.29, 0.717) is 18.1 Å². The molecule has 0 aromatic heterocycles. The third-order valence-electron chi connectivity index (χ3n) is 5.70. The third kappa shape index (κ3) is 15.8. The van der Waals surface area contributed by atoms with Gasteiger partial charge in [0, 0.05) is 32.5 Å². The Labute approximate surface area is 166 Å². The minimum Gasteiger partial charge on any atom is -0.481 e. The number of hydrogen-bond donors (Lipinski definition) is 1. The summed E-state index contributed by atoms with van der Waals surface area (Å²) in [5.41, 5.74) is 0. The van der Waals surface area contributed by atoms with Crippen molar-refractivity contribution in [1.29, 1.82) is 0 Å². The van der Waals surface area contributed by atoms with Crippen LogP contribution in [0, 0.1) is 5.92 Å². The molecule has 0 aromatic rings. The van der Waals surface area contributed by atoms with E-state index in [-0.39, 0.29) is 0 Å². The summed E-state index contributed by atoms with van der Waals surface area (Å²) in [7, 11) is 0. The molecule has 27 heavy (non-hydrogen) atoms. The van der Waals surface area contributed by atoms with E-state index in [1.807, 2.05) is 0 Å². The summed E-state index contributed by atoms with van der Waals surface area (Å²) in [5.74, 6) is 0.373. The number of aliphatic carboxylic acids is 1. The van der Waals surface area contributed by atoms with E-state index in [0.717, 1.165) is 58.2 Å². The highest BCUT2D eigenvalue weighted by molar-refractivity contribution is 5.78. The van der Waals surface area contributed by atoms with Crippen molar-refractivity contribution in [2.75, 3.05) is 13.2 Å². The Morgan fingerprint density at radius 2 is 1.07 bits per heavy atom. The van der Waals surface area contributed by atoms with Gasteiger partial charge in [0.05, 0.1) is 0 Å². The van der Waals surface area contributed by atoms with E-state index in [1.165, 1.54) is 64.2 Å². The standard InChI is InChI=1S/C23H42O4/c24-22(20-21-16-18-27-19-17-21)14-12-10-8-6-4-2-1-3-5-7-9-11-13-15-23(25)26/h21H,1-20H2,(H,25,26). The lowest BCUT2D eigenvalue weighted by atomic mass is 9.92. The number of carbonyl (C=O) groups is 2. The predicted molar refractivity (Wildman–Crippen MR) is 110 cm³/mol. The van der Waals surface area contributed by atoms with E-state index in [4.69, 9.17) is 9.84 Å². The van der Waals surface area contributed by atoms with Gasteiger partial charge in [0.25, 0.3) is 0 Å². The number of ether oxygens (including phenoxy) is 1. The number of carbonyl (C=O) groups excluding carboxylic acids is 1. The van der Waals surface area contributed by atoms with E-state index in [1.54, 1.807) is 0 Å². The molecule has 1 aliphatic heterocycles. The van der Waals surface area contributed by atoms with Crippen molar-refractivity contribution < 1.29 is 19.4 Å². The Balaban J connectivity index is 1.74. The van der Waals surface area contributed by atoms with Gasteiger partial charge in [-0.2, -0.15) is 0 Å². The summed E-state index contributed by atoms with van der Waals surface area (Å²) in [4.78, 5) is 22.4. The zero-order chi connectivity index (χ0) is 19.6. The second-order valence-corrected chi connectivity index (χ2v) is 8.29. The fraction of sp³-hybridized carbons (Fsp3) is 0.913. The van der Waals surface area contributed by atoms with E-state index in [2.05, 4.69) is 0 Å². The molecule has 1 aliphatic rings. The lowest BCUT2D eigenvalue weighted by Gasteiger charge is -2.21. The Bertz CT molecular complexity index is 375. The lowest BCUT2D eigenvalue weighted by Crippen LogP contribution is -2.18. The molecule has 1 N–H and O–H groups in total. The maximum Gasteiger partial charge on any atom is 0.303 e. The Hall–Kier alpha value is -0.900. The van der Waals surface area contributed by atoms with Crippen LogP contribution in [0.1, 0.15) is 116 Å². The predicted octanol–water partition coefficient (Wildman–Crippen LogP) is 6.31. The molecule has 158 valence electrons. The fourth-order valence-electron chi connectivity index (χ4n) is 3.92. The minimum absolute atomic E-state index is 0.324. The lowest BCUT2D eigenvalue weighted by molar-refractivity contribution is -0.137. The Morgan fingerprint density at radius 3 is 1.52 bits per heavy atom. The van der Waals surface area contributed by atoms with Crippen molar-refractivity contribution in [2.45, 2.75) is 116 Å². The number of carboxylic acid groups (broad SMARTS) is 1. The molecule has 0 radical (unpaired) electrons. The van der Waals surface area contributed by atoms with Gasteiger partial charge in [0.1, 0.15) is 5.78 Å². The van der Waals surface area contributed by atoms with Crippen LogP contribution in [0.4, 0.5) is 0 Å². The molecule has 0 aromatic carbocycles. The summed E-state index contributed by atoms with van der Waals surface area (Å²) in [6.07, 6.45) is 19.8. The molecular formula is C23H42O4. The summed E-state index contributed by atoms with van der Waals surface area (Å²) < 4.78 is 5.35. The van der Waals surface area contributed by atoms with Crippen LogP contribution in [0.15, 0.2) is 0 Å². The first-order chi connectivity index (χ1) is 13.2. The first kappa shape index (κ1) is 24.1. The van der Waals surface area contributed by atoms with Crippen molar-refractivity contribution in [2.24, 2.45) is 5.92 Å². The van der Waals surface area contributed by atoms with Gasteiger partial charge in [-0.3, -0.25) is 9.59 Å². The van der Waals surface area contributed by atoms with Crippen molar-refractivity contribution >= 4 is 11.8 Å². The zero-order valence-corrected chi connectivity index (χ0v) is 17.4. The highest BCUT2D eigenvalue weighted by atomic mass is 16.5. The van der Waals surface area contributed by atoms with Crippen LogP contribution in [0.2, 0.25) is 0 Å².